The van der Waals surface area contributed by atoms with E-state index in [0.29, 0.717) is 0 Å². The first-order valence-electron chi connectivity index (χ1n) is 2.61. The van der Waals surface area contributed by atoms with E-state index in [2.05, 4.69) is 9.47 Å². The van der Waals surface area contributed by atoms with Gasteiger partial charge in [-0.2, -0.15) is 0 Å². The SMILES string of the molecule is COC(=O)OC(CCl)CCl. The van der Waals surface area contributed by atoms with Crippen LogP contribution in [0.15, 0.2) is 0 Å². The molecule has 0 aliphatic rings. The Bertz CT molecular complexity index is 103. The molecule has 0 aliphatic carbocycles. The Morgan fingerprint density at radius 3 is 2.30 bits per heavy atom. The van der Waals surface area contributed by atoms with Crippen molar-refractivity contribution in [1.29, 1.82) is 0 Å². The number of rotatable bonds is 3. The summed E-state index contributed by atoms with van der Waals surface area (Å²) < 4.78 is 8.78. The highest BCUT2D eigenvalue weighted by Gasteiger charge is 2.11. The molecule has 0 heterocycles. The van der Waals surface area contributed by atoms with Gasteiger partial charge < -0.3 is 9.47 Å². The summed E-state index contributed by atoms with van der Waals surface area (Å²) in [6.45, 7) is 0. The minimum absolute atomic E-state index is 0.179. The van der Waals surface area contributed by atoms with Crippen LogP contribution in [0.2, 0.25) is 0 Å². The molecule has 0 aromatic carbocycles. The molecule has 0 amide bonds. The lowest BCUT2D eigenvalue weighted by Gasteiger charge is -2.09. The van der Waals surface area contributed by atoms with Crippen LogP contribution in [0.4, 0.5) is 4.79 Å². The fourth-order valence-electron chi connectivity index (χ4n) is 0.288. The van der Waals surface area contributed by atoms with Crippen LogP contribution in [0.1, 0.15) is 0 Å². The Hall–Kier alpha value is -0.150. The Kier molecular flexibility index (Phi) is 5.54. The lowest BCUT2D eigenvalue weighted by atomic mass is 10.5. The Balaban J connectivity index is 3.52. The van der Waals surface area contributed by atoms with Gasteiger partial charge in [-0.05, 0) is 0 Å². The monoisotopic (exact) mass is 186 g/mol. The van der Waals surface area contributed by atoms with E-state index >= 15 is 0 Å². The fraction of sp³-hybridized carbons (Fsp3) is 0.800. The van der Waals surface area contributed by atoms with Crippen molar-refractivity contribution in [2.45, 2.75) is 6.10 Å². The Morgan fingerprint density at radius 2 is 2.00 bits per heavy atom. The molecule has 0 fully saturated rings. The van der Waals surface area contributed by atoms with E-state index in [9.17, 15) is 4.79 Å². The molecule has 0 N–H and O–H groups in total. The smallest absolute Gasteiger partial charge is 0.438 e. The van der Waals surface area contributed by atoms with Gasteiger partial charge in [-0.15, -0.1) is 23.2 Å². The van der Waals surface area contributed by atoms with E-state index in [1.807, 2.05) is 0 Å². The number of methoxy groups -OCH3 is 1. The zero-order valence-corrected chi connectivity index (χ0v) is 6.98. The summed E-state index contributed by atoms with van der Waals surface area (Å²) in [6, 6.07) is 0. The van der Waals surface area contributed by atoms with Gasteiger partial charge in [0.25, 0.3) is 0 Å². The van der Waals surface area contributed by atoms with Crippen LogP contribution in [0, 0.1) is 0 Å². The molecule has 5 heteroatoms. The standard InChI is InChI=1S/C5H8Cl2O3/c1-9-5(8)10-4(2-6)3-7/h4H,2-3H2,1H3. The summed E-state index contributed by atoms with van der Waals surface area (Å²) in [5.74, 6) is 0.358. The van der Waals surface area contributed by atoms with E-state index in [4.69, 9.17) is 23.2 Å². The fourth-order valence-corrected chi connectivity index (χ4v) is 0.744. The molecule has 60 valence electrons. The average molecular weight is 187 g/mol. The predicted molar refractivity (Wildman–Crippen MR) is 38.7 cm³/mol. The maximum absolute atomic E-state index is 10.4. The van der Waals surface area contributed by atoms with Crippen molar-refractivity contribution in [3.8, 4) is 0 Å². The van der Waals surface area contributed by atoms with E-state index in [-0.39, 0.29) is 11.8 Å². The van der Waals surface area contributed by atoms with Gasteiger partial charge in [0.05, 0.1) is 18.9 Å². The summed E-state index contributed by atoms with van der Waals surface area (Å²) in [7, 11) is 1.22. The van der Waals surface area contributed by atoms with E-state index in [1.54, 1.807) is 0 Å². The molecule has 0 bridgehead atoms. The zero-order valence-electron chi connectivity index (χ0n) is 5.47. The minimum Gasteiger partial charge on any atom is -0.438 e. The average Bonchev–Trinajstić information content (AvgIpc) is 1.99. The first-order chi connectivity index (χ1) is 4.74. The first kappa shape index (κ1) is 9.85. The summed E-state index contributed by atoms with van der Waals surface area (Å²) >= 11 is 10.7. The van der Waals surface area contributed by atoms with Gasteiger partial charge in [0.2, 0.25) is 0 Å². The number of halogens is 2. The Morgan fingerprint density at radius 1 is 1.50 bits per heavy atom. The molecule has 0 aliphatic heterocycles. The number of hydrogen-bond acceptors (Lipinski definition) is 3. The van der Waals surface area contributed by atoms with Gasteiger partial charge in [0.1, 0.15) is 6.10 Å². The van der Waals surface area contributed by atoms with Gasteiger partial charge in [-0.3, -0.25) is 0 Å². The summed E-state index contributed by atoms with van der Waals surface area (Å²) in [5, 5.41) is 0. The van der Waals surface area contributed by atoms with Crippen molar-refractivity contribution < 1.29 is 14.3 Å². The maximum Gasteiger partial charge on any atom is 0.508 e. The second-order valence-electron chi connectivity index (χ2n) is 1.50. The zero-order chi connectivity index (χ0) is 7.98. The predicted octanol–water partition coefficient (Wildman–Crippen LogP) is 1.62. The van der Waals surface area contributed by atoms with Crippen LogP contribution in [0.3, 0.4) is 0 Å². The highest BCUT2D eigenvalue weighted by molar-refractivity contribution is 6.21. The van der Waals surface area contributed by atoms with E-state index in [0.717, 1.165) is 0 Å². The minimum atomic E-state index is -0.758. The molecule has 3 nitrogen and oxygen atoms in total. The third-order valence-electron chi connectivity index (χ3n) is 0.774. The third kappa shape index (κ3) is 3.80. The first-order valence-corrected chi connectivity index (χ1v) is 3.68. The second kappa shape index (κ2) is 5.62. The summed E-state index contributed by atoms with van der Waals surface area (Å²) in [6.07, 6.45) is -1.22. The molecule has 0 atom stereocenters. The molecule has 0 radical (unpaired) electrons. The quantitative estimate of drug-likeness (QED) is 0.497. The van der Waals surface area contributed by atoms with Crippen LogP contribution in [0.25, 0.3) is 0 Å². The van der Waals surface area contributed by atoms with Crippen LogP contribution in [0.5, 0.6) is 0 Å². The summed E-state index contributed by atoms with van der Waals surface area (Å²) in [4.78, 5) is 10.4. The normalized spacial score (nSPS) is 9.60. The summed E-state index contributed by atoms with van der Waals surface area (Å²) in [5.41, 5.74) is 0. The van der Waals surface area contributed by atoms with Crippen LogP contribution in [-0.2, 0) is 9.47 Å². The molecular formula is C5H8Cl2O3. The highest BCUT2D eigenvalue weighted by Crippen LogP contribution is 1.99. The van der Waals surface area contributed by atoms with Gasteiger partial charge in [0, 0.05) is 0 Å². The molecule has 0 saturated heterocycles. The molecule has 0 saturated carbocycles. The molecule has 10 heavy (non-hydrogen) atoms. The van der Waals surface area contributed by atoms with Crippen molar-refractivity contribution in [3.05, 3.63) is 0 Å². The molecule has 0 aromatic heterocycles. The van der Waals surface area contributed by atoms with Gasteiger partial charge in [-0.1, -0.05) is 0 Å². The van der Waals surface area contributed by atoms with Crippen LogP contribution >= 0.6 is 23.2 Å². The van der Waals surface area contributed by atoms with E-state index in [1.165, 1.54) is 7.11 Å². The lowest BCUT2D eigenvalue weighted by molar-refractivity contribution is 0.0516. The van der Waals surface area contributed by atoms with Gasteiger partial charge >= 0.3 is 6.16 Å². The molecule has 0 rings (SSSR count). The van der Waals surface area contributed by atoms with Crippen molar-refractivity contribution in [2.75, 3.05) is 18.9 Å². The largest absolute Gasteiger partial charge is 0.508 e. The molecule has 0 unspecified atom stereocenters. The maximum atomic E-state index is 10.4. The van der Waals surface area contributed by atoms with Crippen molar-refractivity contribution >= 4 is 29.4 Å². The van der Waals surface area contributed by atoms with Crippen LogP contribution < -0.4 is 0 Å². The highest BCUT2D eigenvalue weighted by atomic mass is 35.5. The topological polar surface area (TPSA) is 35.5 Å². The van der Waals surface area contributed by atoms with Crippen LogP contribution in [-0.4, -0.2) is 31.1 Å². The number of carbonyl (C=O) groups is 1. The van der Waals surface area contributed by atoms with Crippen molar-refractivity contribution in [1.82, 2.24) is 0 Å². The third-order valence-corrected chi connectivity index (χ3v) is 1.46. The molecular weight excluding hydrogens is 179 g/mol. The van der Waals surface area contributed by atoms with Crippen molar-refractivity contribution in [3.63, 3.8) is 0 Å². The molecule has 0 spiro atoms. The van der Waals surface area contributed by atoms with Gasteiger partial charge in [-0.25, -0.2) is 4.79 Å². The lowest BCUT2D eigenvalue weighted by Crippen LogP contribution is -2.21. The Labute approximate surface area is 69.2 Å². The number of carbonyl (C=O) groups excluding carboxylic acids is 1. The number of hydrogen-bond donors (Lipinski definition) is 0. The van der Waals surface area contributed by atoms with E-state index < -0.39 is 12.3 Å². The van der Waals surface area contributed by atoms with Crippen molar-refractivity contribution in [2.24, 2.45) is 0 Å². The second-order valence-corrected chi connectivity index (χ2v) is 2.12. The van der Waals surface area contributed by atoms with Gasteiger partial charge in [0.15, 0.2) is 0 Å². The number of alkyl halides is 2. The molecule has 0 aromatic rings. The number of ether oxygens (including phenoxy) is 2.